The highest BCUT2D eigenvalue weighted by Crippen LogP contribution is 2.20. The number of benzene rings is 2. The standard InChI is InChI=1S/C25H30N4O/c1-20-24(21(2)29(26-20)23-11-7-4-8-12-23)19-27-15-17-28(18-16-27)25(30)14-13-22-9-5-3-6-10-22/h3-12H,13-19H2,1-2H3. The largest absolute Gasteiger partial charge is 0.340 e. The molecular weight excluding hydrogens is 372 g/mol. The average Bonchev–Trinajstić information content (AvgIpc) is 3.07. The summed E-state index contributed by atoms with van der Waals surface area (Å²) < 4.78 is 2.04. The summed E-state index contributed by atoms with van der Waals surface area (Å²) in [6, 6.07) is 20.5. The third-order valence-corrected chi connectivity index (χ3v) is 6.02. The van der Waals surface area contributed by atoms with Gasteiger partial charge >= 0.3 is 0 Å². The molecule has 1 fully saturated rings. The van der Waals surface area contributed by atoms with Crippen LogP contribution in [0.25, 0.3) is 5.69 Å². The van der Waals surface area contributed by atoms with Gasteiger partial charge in [-0.25, -0.2) is 4.68 Å². The average molecular weight is 403 g/mol. The quantitative estimate of drug-likeness (QED) is 0.630. The second kappa shape index (κ2) is 9.26. The first-order chi connectivity index (χ1) is 14.6. The zero-order chi connectivity index (χ0) is 20.9. The molecule has 0 N–H and O–H groups in total. The minimum Gasteiger partial charge on any atom is -0.340 e. The maximum atomic E-state index is 12.6. The first-order valence-corrected chi connectivity index (χ1v) is 10.8. The maximum absolute atomic E-state index is 12.6. The predicted octanol–water partition coefficient (Wildman–Crippen LogP) is 3.77. The van der Waals surface area contributed by atoms with E-state index >= 15 is 0 Å². The highest BCUT2D eigenvalue weighted by Gasteiger charge is 2.23. The molecule has 0 spiro atoms. The maximum Gasteiger partial charge on any atom is 0.222 e. The number of carbonyl (C=O) groups excluding carboxylic acids is 1. The van der Waals surface area contributed by atoms with Crippen molar-refractivity contribution in [3.8, 4) is 5.69 Å². The number of amides is 1. The molecule has 1 aliphatic rings. The zero-order valence-electron chi connectivity index (χ0n) is 17.9. The van der Waals surface area contributed by atoms with Gasteiger partial charge in [0.1, 0.15) is 0 Å². The Labute approximate surface area is 178 Å². The van der Waals surface area contributed by atoms with Gasteiger partial charge in [-0.05, 0) is 38.0 Å². The summed E-state index contributed by atoms with van der Waals surface area (Å²) in [5.41, 5.74) is 5.89. The second-order valence-electron chi connectivity index (χ2n) is 8.04. The van der Waals surface area contributed by atoms with Crippen molar-refractivity contribution >= 4 is 5.91 Å². The fourth-order valence-corrected chi connectivity index (χ4v) is 4.16. The van der Waals surface area contributed by atoms with Gasteiger partial charge in [0.05, 0.1) is 11.4 Å². The van der Waals surface area contributed by atoms with Gasteiger partial charge in [0.2, 0.25) is 5.91 Å². The molecule has 1 amide bonds. The molecule has 4 rings (SSSR count). The molecule has 2 aromatic carbocycles. The minimum atomic E-state index is 0.266. The van der Waals surface area contributed by atoms with Crippen molar-refractivity contribution in [1.29, 1.82) is 0 Å². The monoisotopic (exact) mass is 402 g/mol. The number of piperazine rings is 1. The smallest absolute Gasteiger partial charge is 0.222 e. The number of hydrogen-bond donors (Lipinski definition) is 0. The summed E-state index contributed by atoms with van der Waals surface area (Å²) in [6.07, 6.45) is 1.41. The zero-order valence-corrected chi connectivity index (χ0v) is 17.9. The molecule has 5 heteroatoms. The Hall–Kier alpha value is -2.92. The molecule has 30 heavy (non-hydrogen) atoms. The lowest BCUT2D eigenvalue weighted by atomic mass is 10.1. The predicted molar refractivity (Wildman–Crippen MR) is 120 cm³/mol. The Morgan fingerprint density at radius 3 is 2.20 bits per heavy atom. The first kappa shape index (κ1) is 20.4. The highest BCUT2D eigenvalue weighted by molar-refractivity contribution is 5.76. The van der Waals surface area contributed by atoms with Crippen LogP contribution in [0.5, 0.6) is 0 Å². The van der Waals surface area contributed by atoms with Crippen LogP contribution < -0.4 is 0 Å². The van der Waals surface area contributed by atoms with Gasteiger partial charge in [-0.1, -0.05) is 48.5 Å². The molecular formula is C25H30N4O. The van der Waals surface area contributed by atoms with Gasteiger partial charge in [0, 0.05) is 50.4 Å². The number of rotatable bonds is 6. The van der Waals surface area contributed by atoms with Crippen LogP contribution in [0, 0.1) is 13.8 Å². The van der Waals surface area contributed by atoms with Crippen molar-refractivity contribution < 1.29 is 4.79 Å². The normalized spacial score (nSPS) is 14.8. The number of hydrogen-bond acceptors (Lipinski definition) is 3. The van der Waals surface area contributed by atoms with Crippen LogP contribution in [0.1, 0.15) is 28.9 Å². The lowest BCUT2D eigenvalue weighted by Crippen LogP contribution is -2.48. The van der Waals surface area contributed by atoms with E-state index in [1.807, 2.05) is 46.0 Å². The van der Waals surface area contributed by atoms with Gasteiger partial charge in [0.25, 0.3) is 0 Å². The molecule has 1 aliphatic heterocycles. The molecule has 0 aliphatic carbocycles. The number of carbonyl (C=O) groups is 1. The summed E-state index contributed by atoms with van der Waals surface area (Å²) in [4.78, 5) is 17.1. The molecule has 0 radical (unpaired) electrons. The number of aromatic nitrogens is 2. The van der Waals surface area contributed by atoms with Crippen LogP contribution >= 0.6 is 0 Å². The van der Waals surface area contributed by atoms with Gasteiger partial charge < -0.3 is 4.90 Å². The summed E-state index contributed by atoms with van der Waals surface area (Å²) >= 11 is 0. The van der Waals surface area contributed by atoms with Crippen LogP contribution in [0.2, 0.25) is 0 Å². The summed E-state index contributed by atoms with van der Waals surface area (Å²) in [5, 5.41) is 4.77. The summed E-state index contributed by atoms with van der Waals surface area (Å²) in [5.74, 6) is 0.266. The lowest BCUT2D eigenvalue weighted by molar-refractivity contribution is -0.133. The Morgan fingerprint density at radius 1 is 0.900 bits per heavy atom. The molecule has 156 valence electrons. The van der Waals surface area contributed by atoms with E-state index < -0.39 is 0 Å². The Bertz CT molecular complexity index is 973. The Kier molecular flexibility index (Phi) is 6.29. The van der Waals surface area contributed by atoms with E-state index in [4.69, 9.17) is 5.10 Å². The molecule has 0 atom stereocenters. The summed E-state index contributed by atoms with van der Waals surface area (Å²) in [6.45, 7) is 8.55. The van der Waals surface area contributed by atoms with E-state index in [1.165, 1.54) is 16.8 Å². The van der Waals surface area contributed by atoms with Crippen molar-refractivity contribution in [1.82, 2.24) is 19.6 Å². The van der Waals surface area contributed by atoms with Gasteiger partial charge in [-0.2, -0.15) is 5.10 Å². The van der Waals surface area contributed by atoms with Crippen molar-refractivity contribution in [3.63, 3.8) is 0 Å². The number of aryl methyl sites for hydroxylation is 2. The highest BCUT2D eigenvalue weighted by atomic mass is 16.2. The first-order valence-electron chi connectivity index (χ1n) is 10.8. The molecule has 1 aromatic heterocycles. The van der Waals surface area contributed by atoms with Crippen LogP contribution in [0.4, 0.5) is 0 Å². The number of nitrogens with zero attached hydrogens (tertiary/aromatic N) is 4. The lowest BCUT2D eigenvalue weighted by Gasteiger charge is -2.35. The topological polar surface area (TPSA) is 41.4 Å². The molecule has 1 saturated heterocycles. The van der Waals surface area contributed by atoms with E-state index in [1.54, 1.807) is 0 Å². The van der Waals surface area contributed by atoms with E-state index in [0.717, 1.165) is 50.5 Å². The van der Waals surface area contributed by atoms with E-state index in [-0.39, 0.29) is 5.91 Å². The fourth-order valence-electron chi connectivity index (χ4n) is 4.16. The Balaban J connectivity index is 1.32. The second-order valence-corrected chi connectivity index (χ2v) is 8.04. The van der Waals surface area contributed by atoms with Crippen molar-refractivity contribution in [2.75, 3.05) is 26.2 Å². The Morgan fingerprint density at radius 2 is 1.53 bits per heavy atom. The van der Waals surface area contributed by atoms with Crippen LogP contribution in [0.15, 0.2) is 60.7 Å². The van der Waals surface area contributed by atoms with E-state index in [9.17, 15) is 4.79 Å². The minimum absolute atomic E-state index is 0.266. The molecule has 3 aromatic rings. The van der Waals surface area contributed by atoms with Crippen LogP contribution in [-0.2, 0) is 17.8 Å². The van der Waals surface area contributed by atoms with Crippen LogP contribution in [-0.4, -0.2) is 51.7 Å². The van der Waals surface area contributed by atoms with Gasteiger partial charge in [0.15, 0.2) is 0 Å². The van der Waals surface area contributed by atoms with E-state index in [0.29, 0.717) is 6.42 Å². The molecule has 0 bridgehead atoms. The third-order valence-electron chi connectivity index (χ3n) is 6.02. The molecule has 0 saturated carbocycles. The molecule has 2 heterocycles. The molecule has 5 nitrogen and oxygen atoms in total. The van der Waals surface area contributed by atoms with Crippen molar-refractivity contribution in [2.24, 2.45) is 0 Å². The van der Waals surface area contributed by atoms with Crippen LogP contribution in [0.3, 0.4) is 0 Å². The summed E-state index contributed by atoms with van der Waals surface area (Å²) in [7, 11) is 0. The molecule has 0 unspecified atom stereocenters. The van der Waals surface area contributed by atoms with Gasteiger partial charge in [-0.15, -0.1) is 0 Å². The van der Waals surface area contributed by atoms with Crippen molar-refractivity contribution in [3.05, 3.63) is 83.2 Å². The van der Waals surface area contributed by atoms with Gasteiger partial charge in [-0.3, -0.25) is 9.69 Å². The van der Waals surface area contributed by atoms with Crippen molar-refractivity contribution in [2.45, 2.75) is 33.2 Å². The van der Waals surface area contributed by atoms with E-state index in [2.05, 4.69) is 43.0 Å². The number of para-hydroxylation sites is 1. The SMILES string of the molecule is Cc1nn(-c2ccccc2)c(C)c1CN1CCN(C(=O)CCc2ccccc2)CC1. The third kappa shape index (κ3) is 4.62. The fraction of sp³-hybridized carbons (Fsp3) is 0.360.